The van der Waals surface area contributed by atoms with Gasteiger partial charge in [0.1, 0.15) is 0 Å². The molecule has 0 heterocycles. The summed E-state index contributed by atoms with van der Waals surface area (Å²) in [5.74, 6) is -3.91. The van der Waals surface area contributed by atoms with Gasteiger partial charge in [0, 0.05) is 25.3 Å². The Morgan fingerprint density at radius 3 is 2.57 bits per heavy atom. The number of amides is 1. The second kappa shape index (κ2) is 10.0. The molecule has 2 rings (SSSR count). The van der Waals surface area contributed by atoms with Crippen LogP contribution in [0.25, 0.3) is 0 Å². The quantitative estimate of drug-likeness (QED) is 0.532. The van der Waals surface area contributed by atoms with E-state index in [9.17, 15) is 18.4 Å². The Morgan fingerprint density at radius 2 is 1.89 bits per heavy atom. The number of rotatable bonds is 8. The molecule has 0 spiro atoms. The van der Waals surface area contributed by atoms with E-state index >= 15 is 0 Å². The molecule has 1 amide bonds. The molecule has 0 unspecified atom stereocenters. The number of benzene rings is 2. The van der Waals surface area contributed by atoms with E-state index in [0.717, 1.165) is 17.8 Å². The SMILES string of the molecule is CCN(CCNC(=O)COC(=O)c1cc(F)c(F)cc1Cl)c1cccc(C)c1. The molecule has 150 valence electrons. The molecule has 0 aliphatic heterocycles. The van der Waals surface area contributed by atoms with E-state index in [1.165, 1.54) is 0 Å². The van der Waals surface area contributed by atoms with Crippen LogP contribution in [0.2, 0.25) is 5.02 Å². The highest BCUT2D eigenvalue weighted by Crippen LogP contribution is 2.20. The topological polar surface area (TPSA) is 58.6 Å². The summed E-state index contributed by atoms with van der Waals surface area (Å²) in [6.45, 7) is 5.16. The Morgan fingerprint density at radius 1 is 1.18 bits per heavy atom. The van der Waals surface area contributed by atoms with Crippen LogP contribution < -0.4 is 10.2 Å². The van der Waals surface area contributed by atoms with Crippen molar-refractivity contribution < 1.29 is 23.1 Å². The Bertz CT molecular complexity index is 861. The number of carbonyl (C=O) groups is 2. The molecule has 0 aliphatic carbocycles. The maximum Gasteiger partial charge on any atom is 0.340 e. The average molecular weight is 411 g/mol. The molecular weight excluding hydrogens is 390 g/mol. The zero-order chi connectivity index (χ0) is 20.7. The number of esters is 1. The molecule has 5 nitrogen and oxygen atoms in total. The summed E-state index contributed by atoms with van der Waals surface area (Å²) in [4.78, 5) is 25.9. The summed E-state index contributed by atoms with van der Waals surface area (Å²) in [6, 6.07) is 9.34. The number of hydrogen-bond donors (Lipinski definition) is 1. The van der Waals surface area contributed by atoms with Gasteiger partial charge in [0.15, 0.2) is 18.2 Å². The first-order valence-corrected chi connectivity index (χ1v) is 9.09. The summed E-state index contributed by atoms with van der Waals surface area (Å²) in [5.41, 5.74) is 1.85. The van der Waals surface area contributed by atoms with E-state index in [0.29, 0.717) is 25.2 Å². The highest BCUT2D eigenvalue weighted by atomic mass is 35.5. The van der Waals surface area contributed by atoms with Crippen LogP contribution in [-0.4, -0.2) is 38.1 Å². The summed E-state index contributed by atoms with van der Waals surface area (Å²) < 4.78 is 31.1. The predicted octanol–water partition coefficient (Wildman–Crippen LogP) is 3.73. The van der Waals surface area contributed by atoms with Crippen molar-refractivity contribution in [2.24, 2.45) is 0 Å². The molecular formula is C20H21ClF2N2O3. The summed E-state index contributed by atoms with van der Waals surface area (Å²) >= 11 is 5.70. The van der Waals surface area contributed by atoms with Gasteiger partial charge in [-0.2, -0.15) is 0 Å². The molecule has 0 fully saturated rings. The molecule has 0 aromatic heterocycles. The summed E-state index contributed by atoms with van der Waals surface area (Å²) in [7, 11) is 0. The minimum Gasteiger partial charge on any atom is -0.452 e. The third-order valence-electron chi connectivity index (χ3n) is 4.02. The summed E-state index contributed by atoms with van der Waals surface area (Å²) in [6.07, 6.45) is 0. The largest absolute Gasteiger partial charge is 0.452 e. The maximum absolute atomic E-state index is 13.2. The monoisotopic (exact) mass is 410 g/mol. The first-order chi connectivity index (χ1) is 13.3. The van der Waals surface area contributed by atoms with E-state index < -0.39 is 30.1 Å². The zero-order valence-electron chi connectivity index (χ0n) is 15.6. The van der Waals surface area contributed by atoms with E-state index in [4.69, 9.17) is 16.3 Å². The van der Waals surface area contributed by atoms with Gasteiger partial charge in [-0.3, -0.25) is 4.79 Å². The van der Waals surface area contributed by atoms with Crippen LogP contribution >= 0.6 is 11.6 Å². The average Bonchev–Trinajstić information content (AvgIpc) is 2.66. The molecule has 8 heteroatoms. The minimum atomic E-state index is -1.23. The lowest BCUT2D eigenvalue weighted by Crippen LogP contribution is -2.36. The lowest BCUT2D eigenvalue weighted by atomic mass is 10.2. The Kier molecular flexibility index (Phi) is 7.75. The highest BCUT2D eigenvalue weighted by Gasteiger charge is 2.17. The molecule has 0 saturated heterocycles. The van der Waals surface area contributed by atoms with Crippen molar-refractivity contribution in [3.05, 3.63) is 64.2 Å². The fourth-order valence-electron chi connectivity index (χ4n) is 2.56. The van der Waals surface area contributed by atoms with Crippen LogP contribution in [0.4, 0.5) is 14.5 Å². The van der Waals surface area contributed by atoms with Crippen LogP contribution in [0.3, 0.4) is 0 Å². The number of carbonyl (C=O) groups excluding carboxylic acids is 2. The Labute approximate surface area is 167 Å². The zero-order valence-corrected chi connectivity index (χ0v) is 16.4. The second-order valence-electron chi connectivity index (χ2n) is 6.09. The van der Waals surface area contributed by atoms with E-state index in [1.54, 1.807) is 0 Å². The number of nitrogens with zero attached hydrogens (tertiary/aromatic N) is 1. The van der Waals surface area contributed by atoms with Crippen molar-refractivity contribution in [2.75, 3.05) is 31.1 Å². The molecule has 2 aromatic carbocycles. The van der Waals surface area contributed by atoms with Gasteiger partial charge in [-0.1, -0.05) is 23.7 Å². The molecule has 0 radical (unpaired) electrons. The first-order valence-electron chi connectivity index (χ1n) is 8.71. The molecule has 28 heavy (non-hydrogen) atoms. The smallest absolute Gasteiger partial charge is 0.340 e. The van der Waals surface area contributed by atoms with Gasteiger partial charge in [0.25, 0.3) is 5.91 Å². The first kappa shape index (κ1) is 21.6. The van der Waals surface area contributed by atoms with Crippen molar-refractivity contribution in [1.29, 1.82) is 0 Å². The van der Waals surface area contributed by atoms with Crippen molar-refractivity contribution in [3.8, 4) is 0 Å². The fraction of sp³-hybridized carbons (Fsp3) is 0.300. The van der Waals surface area contributed by atoms with Gasteiger partial charge in [0.05, 0.1) is 10.6 Å². The molecule has 2 aromatic rings. The van der Waals surface area contributed by atoms with Crippen LogP contribution in [0.5, 0.6) is 0 Å². The Balaban J connectivity index is 1.81. The molecule has 0 saturated carbocycles. The van der Waals surface area contributed by atoms with E-state index in [1.807, 2.05) is 32.0 Å². The molecule has 0 aliphatic rings. The normalized spacial score (nSPS) is 10.5. The minimum absolute atomic E-state index is 0.291. The number of nitrogens with one attached hydrogen (secondary N) is 1. The maximum atomic E-state index is 13.2. The van der Waals surface area contributed by atoms with Crippen LogP contribution in [-0.2, 0) is 9.53 Å². The molecule has 0 bridgehead atoms. The lowest BCUT2D eigenvalue weighted by Gasteiger charge is -2.23. The van der Waals surface area contributed by atoms with Crippen molar-refractivity contribution in [1.82, 2.24) is 5.32 Å². The number of likely N-dealkylation sites (N-methyl/N-ethyl adjacent to an activating group) is 1. The van der Waals surface area contributed by atoms with Gasteiger partial charge < -0.3 is 15.0 Å². The third-order valence-corrected chi connectivity index (χ3v) is 4.33. The van der Waals surface area contributed by atoms with Gasteiger partial charge in [0.2, 0.25) is 0 Å². The van der Waals surface area contributed by atoms with Gasteiger partial charge in [-0.15, -0.1) is 0 Å². The van der Waals surface area contributed by atoms with E-state index in [2.05, 4.69) is 16.3 Å². The highest BCUT2D eigenvalue weighted by molar-refractivity contribution is 6.33. The second-order valence-corrected chi connectivity index (χ2v) is 6.50. The van der Waals surface area contributed by atoms with Crippen LogP contribution in [0.15, 0.2) is 36.4 Å². The van der Waals surface area contributed by atoms with Crippen LogP contribution in [0, 0.1) is 18.6 Å². The standard InChI is InChI=1S/C20H21ClF2N2O3/c1-3-25(14-6-4-5-13(2)9-14)8-7-24-19(26)12-28-20(27)15-10-17(22)18(23)11-16(15)21/h4-6,9-11H,3,7-8,12H2,1-2H3,(H,24,26). The molecule has 0 atom stereocenters. The number of halogens is 3. The van der Waals surface area contributed by atoms with Crippen LogP contribution in [0.1, 0.15) is 22.8 Å². The number of anilines is 1. The molecule has 1 N–H and O–H groups in total. The number of aryl methyl sites for hydroxylation is 1. The number of hydrogen-bond acceptors (Lipinski definition) is 4. The van der Waals surface area contributed by atoms with Gasteiger partial charge >= 0.3 is 5.97 Å². The van der Waals surface area contributed by atoms with Gasteiger partial charge in [-0.25, -0.2) is 13.6 Å². The summed E-state index contributed by atoms with van der Waals surface area (Å²) in [5, 5.41) is 2.36. The van der Waals surface area contributed by atoms with Crippen molar-refractivity contribution >= 4 is 29.2 Å². The lowest BCUT2D eigenvalue weighted by molar-refractivity contribution is -0.124. The Hall–Kier alpha value is -2.67. The van der Waals surface area contributed by atoms with Crippen molar-refractivity contribution in [2.45, 2.75) is 13.8 Å². The van der Waals surface area contributed by atoms with E-state index in [-0.39, 0.29) is 10.6 Å². The third kappa shape index (κ3) is 5.92. The van der Waals surface area contributed by atoms with Crippen molar-refractivity contribution in [3.63, 3.8) is 0 Å². The fourth-order valence-corrected chi connectivity index (χ4v) is 2.79. The predicted molar refractivity (Wildman–Crippen MR) is 104 cm³/mol. The number of ether oxygens (including phenoxy) is 1. The van der Waals surface area contributed by atoms with Gasteiger partial charge in [-0.05, 0) is 43.7 Å².